The predicted octanol–water partition coefficient (Wildman–Crippen LogP) is -1.62. The van der Waals surface area contributed by atoms with Gasteiger partial charge in [0.15, 0.2) is 0 Å². The summed E-state index contributed by atoms with van der Waals surface area (Å²) in [5.74, 6) is -1.24. The number of ether oxygens (including phenoxy) is 1. The van der Waals surface area contributed by atoms with Crippen LogP contribution in [0.25, 0.3) is 0 Å². The van der Waals surface area contributed by atoms with Gasteiger partial charge in [0.1, 0.15) is 18.3 Å². The van der Waals surface area contributed by atoms with Crippen LogP contribution in [0.3, 0.4) is 0 Å². The lowest BCUT2D eigenvalue weighted by molar-refractivity contribution is 0.00975. The Labute approximate surface area is 93.9 Å². The zero-order valence-corrected chi connectivity index (χ0v) is 8.81. The first-order chi connectivity index (χ1) is 7.91. The van der Waals surface area contributed by atoms with Gasteiger partial charge in [-0.15, -0.1) is 0 Å². The standard InChI is InChI=1S/C9H11FN2O5/c1-2-5(13)6(14)7(17-2)4-3(10)8(15)12-9(16)11-4/h2,5-7,13-14H,1H3,(H2,11,12,15,16). The van der Waals surface area contributed by atoms with Gasteiger partial charge in [0, 0.05) is 0 Å². The van der Waals surface area contributed by atoms with Crippen molar-refractivity contribution in [2.24, 2.45) is 0 Å². The molecule has 0 spiro atoms. The predicted molar refractivity (Wildman–Crippen MR) is 52.9 cm³/mol. The van der Waals surface area contributed by atoms with Gasteiger partial charge in [0.05, 0.1) is 11.8 Å². The number of aliphatic hydroxyl groups is 2. The lowest BCUT2D eigenvalue weighted by atomic mass is 10.1. The number of nitrogens with one attached hydrogen (secondary N) is 2. The maximum Gasteiger partial charge on any atom is 0.326 e. The summed E-state index contributed by atoms with van der Waals surface area (Å²) < 4.78 is 18.6. The molecule has 0 radical (unpaired) electrons. The summed E-state index contributed by atoms with van der Waals surface area (Å²) in [4.78, 5) is 25.8. The van der Waals surface area contributed by atoms with Gasteiger partial charge in [-0.25, -0.2) is 4.79 Å². The molecule has 0 aliphatic carbocycles. The Bertz CT molecular complexity index is 539. The Kier molecular flexibility index (Phi) is 2.86. The maximum absolute atomic E-state index is 13.5. The average Bonchev–Trinajstić information content (AvgIpc) is 2.51. The molecule has 0 saturated carbocycles. The van der Waals surface area contributed by atoms with Crippen molar-refractivity contribution in [3.05, 3.63) is 32.3 Å². The first-order valence-corrected chi connectivity index (χ1v) is 4.95. The second-order valence-electron chi connectivity index (χ2n) is 3.88. The first kappa shape index (κ1) is 12.0. The van der Waals surface area contributed by atoms with E-state index in [1.165, 1.54) is 6.92 Å². The maximum atomic E-state index is 13.5. The third-order valence-corrected chi connectivity index (χ3v) is 2.70. The van der Waals surface area contributed by atoms with Gasteiger partial charge in [0.25, 0.3) is 5.56 Å². The number of aliphatic hydroxyl groups excluding tert-OH is 2. The molecule has 0 aromatic carbocycles. The van der Waals surface area contributed by atoms with Crippen molar-refractivity contribution < 1.29 is 19.3 Å². The summed E-state index contributed by atoms with van der Waals surface area (Å²) in [7, 11) is 0. The molecule has 1 aromatic heterocycles. The van der Waals surface area contributed by atoms with E-state index in [0.29, 0.717) is 0 Å². The molecule has 1 aliphatic rings. The smallest absolute Gasteiger partial charge is 0.326 e. The van der Waals surface area contributed by atoms with Crippen LogP contribution in [-0.4, -0.2) is 38.5 Å². The number of aromatic amines is 2. The summed E-state index contributed by atoms with van der Waals surface area (Å²) in [6, 6.07) is 0. The van der Waals surface area contributed by atoms with Gasteiger partial charge in [-0.3, -0.25) is 9.78 Å². The molecule has 1 saturated heterocycles. The minimum Gasteiger partial charge on any atom is -0.388 e. The quantitative estimate of drug-likeness (QED) is 0.475. The highest BCUT2D eigenvalue weighted by Gasteiger charge is 2.43. The lowest BCUT2D eigenvalue weighted by Gasteiger charge is -2.14. The Hall–Kier alpha value is -1.51. The summed E-state index contributed by atoms with van der Waals surface area (Å²) in [6.07, 6.45) is -4.61. The molecule has 94 valence electrons. The number of H-pyrrole nitrogens is 2. The van der Waals surface area contributed by atoms with Gasteiger partial charge >= 0.3 is 5.69 Å². The van der Waals surface area contributed by atoms with Crippen molar-refractivity contribution in [1.82, 2.24) is 9.97 Å². The van der Waals surface area contributed by atoms with Gasteiger partial charge in [-0.2, -0.15) is 4.39 Å². The zero-order chi connectivity index (χ0) is 12.7. The van der Waals surface area contributed by atoms with Crippen LogP contribution in [0, 0.1) is 5.82 Å². The second kappa shape index (κ2) is 4.06. The molecule has 4 N–H and O–H groups in total. The van der Waals surface area contributed by atoms with E-state index >= 15 is 0 Å². The van der Waals surface area contributed by atoms with E-state index in [9.17, 15) is 24.2 Å². The molecular weight excluding hydrogens is 235 g/mol. The number of hydrogen-bond acceptors (Lipinski definition) is 5. The number of halogens is 1. The third-order valence-electron chi connectivity index (χ3n) is 2.70. The fraction of sp³-hybridized carbons (Fsp3) is 0.556. The highest BCUT2D eigenvalue weighted by molar-refractivity contribution is 5.11. The molecule has 8 heteroatoms. The van der Waals surface area contributed by atoms with E-state index in [4.69, 9.17) is 4.74 Å². The monoisotopic (exact) mass is 246 g/mol. The second-order valence-corrected chi connectivity index (χ2v) is 3.88. The highest BCUT2D eigenvalue weighted by Crippen LogP contribution is 2.32. The minimum atomic E-state index is -1.41. The fourth-order valence-electron chi connectivity index (χ4n) is 1.77. The Morgan fingerprint density at radius 2 is 1.88 bits per heavy atom. The van der Waals surface area contributed by atoms with Crippen molar-refractivity contribution in [2.45, 2.75) is 31.3 Å². The van der Waals surface area contributed by atoms with Crippen LogP contribution >= 0.6 is 0 Å². The summed E-state index contributed by atoms with van der Waals surface area (Å²) in [5.41, 5.74) is -2.57. The van der Waals surface area contributed by atoms with E-state index in [2.05, 4.69) is 0 Å². The largest absolute Gasteiger partial charge is 0.388 e. The summed E-state index contributed by atoms with van der Waals surface area (Å²) in [6.45, 7) is 1.48. The summed E-state index contributed by atoms with van der Waals surface area (Å²) in [5, 5.41) is 19.1. The zero-order valence-electron chi connectivity index (χ0n) is 8.81. The van der Waals surface area contributed by atoms with Gasteiger partial charge in [-0.05, 0) is 6.92 Å². The number of hydrogen-bond donors (Lipinski definition) is 4. The van der Waals surface area contributed by atoms with E-state index < -0.39 is 47.2 Å². The number of aromatic nitrogens is 2. The van der Waals surface area contributed by atoms with Crippen molar-refractivity contribution in [1.29, 1.82) is 0 Å². The van der Waals surface area contributed by atoms with E-state index in [0.717, 1.165) is 0 Å². The van der Waals surface area contributed by atoms with Crippen LogP contribution in [-0.2, 0) is 4.74 Å². The van der Waals surface area contributed by atoms with Gasteiger partial charge in [-0.1, -0.05) is 0 Å². The topological polar surface area (TPSA) is 115 Å². The van der Waals surface area contributed by atoms with Crippen LogP contribution in [0.1, 0.15) is 18.7 Å². The summed E-state index contributed by atoms with van der Waals surface area (Å²) >= 11 is 0. The van der Waals surface area contributed by atoms with Crippen LogP contribution in [0.5, 0.6) is 0 Å². The Balaban J connectivity index is 2.49. The Morgan fingerprint density at radius 1 is 1.24 bits per heavy atom. The molecule has 17 heavy (non-hydrogen) atoms. The van der Waals surface area contributed by atoms with Crippen molar-refractivity contribution in [3.8, 4) is 0 Å². The lowest BCUT2D eigenvalue weighted by Crippen LogP contribution is -2.33. The molecule has 4 unspecified atom stereocenters. The molecule has 7 nitrogen and oxygen atoms in total. The third kappa shape index (κ3) is 1.90. The number of rotatable bonds is 1. The normalized spacial score (nSPS) is 32.9. The Morgan fingerprint density at radius 3 is 2.41 bits per heavy atom. The van der Waals surface area contributed by atoms with Crippen LogP contribution in [0.4, 0.5) is 4.39 Å². The minimum absolute atomic E-state index is 0.463. The molecule has 2 heterocycles. The molecule has 1 aliphatic heterocycles. The van der Waals surface area contributed by atoms with Gasteiger partial charge in [0.2, 0.25) is 5.82 Å². The molecule has 0 amide bonds. The fourth-order valence-corrected chi connectivity index (χ4v) is 1.77. The molecule has 1 aromatic rings. The molecule has 4 atom stereocenters. The van der Waals surface area contributed by atoms with Crippen LogP contribution < -0.4 is 11.2 Å². The van der Waals surface area contributed by atoms with E-state index in [1.807, 2.05) is 4.98 Å². The first-order valence-electron chi connectivity index (χ1n) is 4.95. The van der Waals surface area contributed by atoms with Crippen molar-refractivity contribution in [2.75, 3.05) is 0 Å². The van der Waals surface area contributed by atoms with Gasteiger partial charge < -0.3 is 19.9 Å². The van der Waals surface area contributed by atoms with Crippen LogP contribution in [0.15, 0.2) is 9.59 Å². The average molecular weight is 246 g/mol. The highest BCUT2D eigenvalue weighted by atomic mass is 19.1. The molecule has 1 fully saturated rings. The van der Waals surface area contributed by atoms with Crippen molar-refractivity contribution in [3.63, 3.8) is 0 Å². The molecule has 2 rings (SSSR count). The SMILES string of the molecule is CC1OC(c2[nH]c(=O)[nH]c(=O)c2F)C(O)C1O. The molecule has 0 bridgehead atoms. The van der Waals surface area contributed by atoms with Crippen LogP contribution in [0.2, 0.25) is 0 Å². The van der Waals surface area contributed by atoms with E-state index in [-0.39, 0.29) is 0 Å². The molecular formula is C9H11FN2O5. The van der Waals surface area contributed by atoms with E-state index in [1.54, 1.807) is 4.98 Å². The van der Waals surface area contributed by atoms with Crippen molar-refractivity contribution >= 4 is 0 Å².